The maximum atomic E-state index is 12.0. The van der Waals surface area contributed by atoms with Gasteiger partial charge in [-0.3, -0.25) is 4.79 Å². The number of H-pyrrole nitrogens is 1. The monoisotopic (exact) mass is 303 g/mol. The fourth-order valence-corrected chi connectivity index (χ4v) is 2.94. The maximum absolute atomic E-state index is 12.0. The number of amides is 1. The minimum atomic E-state index is -3.55. The van der Waals surface area contributed by atoms with Crippen LogP contribution in [0.1, 0.15) is 11.3 Å². The first-order valence-corrected chi connectivity index (χ1v) is 7.74. The van der Waals surface area contributed by atoms with E-state index in [1.165, 1.54) is 19.2 Å². The number of benzene rings is 1. The van der Waals surface area contributed by atoms with Crippen LogP contribution < -0.4 is 10.0 Å². The van der Waals surface area contributed by atoms with Gasteiger partial charge in [0.2, 0.25) is 10.0 Å². The van der Waals surface area contributed by atoms with Crippen LogP contribution in [0.3, 0.4) is 0 Å². The van der Waals surface area contributed by atoms with Crippen molar-refractivity contribution in [3.63, 3.8) is 0 Å². The Labute approximate surface area is 121 Å². The zero-order valence-corrected chi connectivity index (χ0v) is 12.0. The molecule has 6 nitrogen and oxygen atoms in total. The van der Waals surface area contributed by atoms with Crippen LogP contribution in [0.2, 0.25) is 0 Å². The molecule has 108 valence electrons. The average Bonchev–Trinajstić information content (AvgIpc) is 3.08. The minimum Gasteiger partial charge on any atom is -0.362 e. The predicted molar refractivity (Wildman–Crippen MR) is 80.0 cm³/mol. The maximum Gasteiger partial charge on any atom is 0.256 e. The van der Waals surface area contributed by atoms with Crippen molar-refractivity contribution in [2.45, 2.75) is 4.90 Å². The lowest BCUT2D eigenvalue weighted by Crippen LogP contribution is -2.18. The van der Waals surface area contributed by atoms with E-state index in [2.05, 4.69) is 15.0 Å². The summed E-state index contributed by atoms with van der Waals surface area (Å²) < 4.78 is 26.0. The second kappa shape index (κ2) is 4.87. The van der Waals surface area contributed by atoms with Crippen LogP contribution in [0.15, 0.2) is 41.4 Å². The fourth-order valence-electron chi connectivity index (χ4n) is 2.18. The summed E-state index contributed by atoms with van der Waals surface area (Å²) in [4.78, 5) is 15.1. The molecule has 0 bridgehead atoms. The molecule has 0 aliphatic carbocycles. The third kappa shape index (κ3) is 2.37. The number of carbonyl (C=O) groups is 1. The van der Waals surface area contributed by atoms with E-state index < -0.39 is 10.0 Å². The van der Waals surface area contributed by atoms with Gasteiger partial charge in [0.15, 0.2) is 0 Å². The lowest BCUT2D eigenvalue weighted by molar-refractivity contribution is -0.110. The Morgan fingerprint density at radius 2 is 2.05 bits per heavy atom. The summed E-state index contributed by atoms with van der Waals surface area (Å²) in [7, 11) is -2.20. The normalized spacial score (nSPS) is 16.0. The van der Waals surface area contributed by atoms with E-state index in [1.54, 1.807) is 18.3 Å². The summed E-state index contributed by atoms with van der Waals surface area (Å²) >= 11 is 0. The zero-order chi connectivity index (χ0) is 15.0. The van der Waals surface area contributed by atoms with Crippen LogP contribution in [0, 0.1) is 0 Å². The predicted octanol–water partition coefficient (Wildman–Crippen LogP) is 1.42. The van der Waals surface area contributed by atoms with Gasteiger partial charge >= 0.3 is 0 Å². The smallest absolute Gasteiger partial charge is 0.256 e. The van der Waals surface area contributed by atoms with Crippen molar-refractivity contribution in [3.05, 3.63) is 47.8 Å². The molecule has 0 unspecified atom stereocenters. The summed E-state index contributed by atoms with van der Waals surface area (Å²) in [6.45, 7) is 0. The summed E-state index contributed by atoms with van der Waals surface area (Å²) in [6, 6.07) is 8.19. The Bertz CT molecular complexity index is 836. The Morgan fingerprint density at radius 1 is 1.24 bits per heavy atom. The molecule has 2 heterocycles. The van der Waals surface area contributed by atoms with Gasteiger partial charge < -0.3 is 10.3 Å². The molecule has 7 heteroatoms. The summed E-state index contributed by atoms with van der Waals surface area (Å²) in [5.41, 5.74) is 2.38. The molecule has 0 atom stereocenters. The molecule has 0 saturated carbocycles. The van der Waals surface area contributed by atoms with Crippen LogP contribution in [0.5, 0.6) is 0 Å². The molecule has 0 spiro atoms. The quantitative estimate of drug-likeness (QED) is 0.749. The highest BCUT2D eigenvalue weighted by molar-refractivity contribution is 7.89. The van der Waals surface area contributed by atoms with Crippen molar-refractivity contribution in [1.82, 2.24) is 9.71 Å². The number of sulfonamides is 1. The third-order valence-electron chi connectivity index (χ3n) is 3.27. The molecule has 1 aromatic heterocycles. The van der Waals surface area contributed by atoms with Gasteiger partial charge in [-0.25, -0.2) is 13.1 Å². The molecular weight excluding hydrogens is 290 g/mol. The lowest BCUT2D eigenvalue weighted by atomic mass is 10.1. The number of aromatic nitrogens is 1. The Kier molecular flexibility index (Phi) is 3.15. The third-order valence-corrected chi connectivity index (χ3v) is 4.69. The molecule has 0 fully saturated rings. The molecule has 1 aliphatic rings. The lowest BCUT2D eigenvalue weighted by Gasteiger charge is -2.05. The highest BCUT2D eigenvalue weighted by Gasteiger charge is 2.26. The van der Waals surface area contributed by atoms with E-state index in [0.717, 1.165) is 5.69 Å². The summed E-state index contributed by atoms with van der Waals surface area (Å²) in [5.74, 6) is -0.251. The number of aromatic amines is 1. The first kappa shape index (κ1) is 13.6. The van der Waals surface area contributed by atoms with Crippen molar-refractivity contribution in [2.24, 2.45) is 0 Å². The molecule has 0 saturated heterocycles. The number of rotatable bonds is 3. The van der Waals surface area contributed by atoms with E-state index in [-0.39, 0.29) is 10.8 Å². The van der Waals surface area contributed by atoms with Gasteiger partial charge in [0.05, 0.1) is 10.5 Å². The number of carbonyl (C=O) groups excluding carboxylic acids is 1. The Hall–Kier alpha value is -2.38. The molecule has 1 aliphatic heterocycles. The van der Waals surface area contributed by atoms with Gasteiger partial charge in [-0.05, 0) is 43.5 Å². The van der Waals surface area contributed by atoms with Crippen molar-refractivity contribution >= 4 is 33.3 Å². The first-order chi connectivity index (χ1) is 10.0. The fraction of sp³-hybridized carbons (Fsp3) is 0.0714. The number of fused-ring (bicyclic) bond motifs is 1. The van der Waals surface area contributed by atoms with Gasteiger partial charge in [-0.15, -0.1) is 0 Å². The largest absolute Gasteiger partial charge is 0.362 e. The second-order valence-electron chi connectivity index (χ2n) is 4.55. The van der Waals surface area contributed by atoms with E-state index in [9.17, 15) is 13.2 Å². The van der Waals surface area contributed by atoms with Gasteiger partial charge in [-0.2, -0.15) is 0 Å². The van der Waals surface area contributed by atoms with E-state index >= 15 is 0 Å². The molecule has 3 N–H and O–H groups in total. The van der Waals surface area contributed by atoms with Crippen molar-refractivity contribution in [1.29, 1.82) is 0 Å². The standard InChI is InChI=1S/C14H13N3O3S/c1-15-21(19,20)10-4-5-13-11(8-10)12(14(18)17-13)7-9-3-2-6-16-9/h2-8,15-16H,1H3,(H,17,18). The van der Waals surface area contributed by atoms with Crippen LogP contribution >= 0.6 is 0 Å². The van der Waals surface area contributed by atoms with Crippen LogP contribution in [0.4, 0.5) is 5.69 Å². The number of anilines is 1. The van der Waals surface area contributed by atoms with Gasteiger partial charge in [0, 0.05) is 23.1 Å². The molecule has 21 heavy (non-hydrogen) atoms. The summed E-state index contributed by atoms with van der Waals surface area (Å²) in [5, 5.41) is 2.72. The van der Waals surface area contributed by atoms with Crippen LogP contribution in [0.25, 0.3) is 11.6 Å². The number of hydrogen-bond donors (Lipinski definition) is 3. The topological polar surface area (TPSA) is 91.1 Å². The van der Waals surface area contributed by atoms with Crippen molar-refractivity contribution in [3.8, 4) is 0 Å². The number of hydrogen-bond acceptors (Lipinski definition) is 3. The molecule has 0 radical (unpaired) electrons. The van der Waals surface area contributed by atoms with E-state index in [1.807, 2.05) is 12.1 Å². The first-order valence-electron chi connectivity index (χ1n) is 6.26. The average molecular weight is 303 g/mol. The molecule has 3 rings (SSSR count). The van der Waals surface area contributed by atoms with Crippen molar-refractivity contribution < 1.29 is 13.2 Å². The summed E-state index contributed by atoms with van der Waals surface area (Å²) in [6.07, 6.45) is 3.44. The van der Waals surface area contributed by atoms with Crippen LogP contribution in [-0.4, -0.2) is 26.4 Å². The van der Waals surface area contributed by atoms with E-state index in [0.29, 0.717) is 16.8 Å². The molecular formula is C14H13N3O3S. The second-order valence-corrected chi connectivity index (χ2v) is 6.44. The van der Waals surface area contributed by atoms with Crippen molar-refractivity contribution in [2.75, 3.05) is 12.4 Å². The minimum absolute atomic E-state index is 0.123. The van der Waals surface area contributed by atoms with Gasteiger partial charge in [0.25, 0.3) is 5.91 Å². The molecule has 1 aromatic carbocycles. The van der Waals surface area contributed by atoms with Gasteiger partial charge in [-0.1, -0.05) is 0 Å². The SMILES string of the molecule is CNS(=O)(=O)c1ccc2c(c1)C(=Cc1ccc[nH]1)C(=O)N2. The van der Waals surface area contributed by atoms with Crippen LogP contribution in [-0.2, 0) is 14.8 Å². The molecule has 2 aromatic rings. The van der Waals surface area contributed by atoms with E-state index in [4.69, 9.17) is 0 Å². The Morgan fingerprint density at radius 3 is 2.71 bits per heavy atom. The molecule has 1 amide bonds. The number of nitrogens with one attached hydrogen (secondary N) is 3. The Balaban J connectivity index is 2.13. The highest BCUT2D eigenvalue weighted by Crippen LogP contribution is 2.34. The zero-order valence-electron chi connectivity index (χ0n) is 11.2. The van der Waals surface area contributed by atoms with Gasteiger partial charge in [0.1, 0.15) is 0 Å². The highest BCUT2D eigenvalue weighted by atomic mass is 32.2.